The Bertz CT molecular complexity index is 545. The largest absolute Gasteiger partial charge is 0.464 e. The Morgan fingerprint density at radius 2 is 2.19 bits per heavy atom. The Labute approximate surface area is 92.4 Å². The average Bonchev–Trinajstić information content (AvgIpc) is 2.65. The third kappa shape index (κ3) is 1.56. The van der Waals surface area contributed by atoms with Crippen LogP contribution < -0.4 is 0 Å². The van der Waals surface area contributed by atoms with Crippen molar-refractivity contribution in [2.75, 3.05) is 7.11 Å². The molecule has 1 aromatic heterocycles. The lowest BCUT2D eigenvalue weighted by Crippen LogP contribution is -2.09. The zero-order chi connectivity index (χ0) is 11.7. The molecule has 3 nitrogen and oxygen atoms in total. The number of benzene rings is 1. The molecule has 2 aromatic rings. The molecule has 0 amide bonds. The van der Waals surface area contributed by atoms with Gasteiger partial charge in [-0.3, -0.25) is 0 Å². The fourth-order valence-corrected chi connectivity index (χ4v) is 1.86. The first kappa shape index (κ1) is 10.7. The van der Waals surface area contributed by atoms with E-state index >= 15 is 0 Å². The minimum absolute atomic E-state index is 0.308. The lowest BCUT2D eigenvalue weighted by Gasteiger charge is -2.05. The summed E-state index contributed by atoms with van der Waals surface area (Å²) in [5.41, 5.74) is 1.29. The van der Waals surface area contributed by atoms with Crippen molar-refractivity contribution in [3.8, 4) is 0 Å². The van der Waals surface area contributed by atoms with E-state index in [1.807, 2.05) is 6.92 Å². The standard InChI is InChI=1S/C12H12FNO2/c1-3-14-10-5-4-9(13)6-8(10)7-11(14)12(15)16-2/h4-7H,3H2,1-2H3. The third-order valence-corrected chi connectivity index (χ3v) is 2.57. The molecule has 0 saturated carbocycles. The lowest BCUT2D eigenvalue weighted by atomic mass is 10.2. The Balaban J connectivity index is 2.70. The molecule has 0 atom stereocenters. The number of rotatable bonds is 2. The van der Waals surface area contributed by atoms with Gasteiger partial charge in [-0.15, -0.1) is 0 Å². The summed E-state index contributed by atoms with van der Waals surface area (Å²) in [4.78, 5) is 11.5. The lowest BCUT2D eigenvalue weighted by molar-refractivity contribution is 0.0589. The van der Waals surface area contributed by atoms with Crippen LogP contribution in [0.1, 0.15) is 17.4 Å². The van der Waals surface area contributed by atoms with Gasteiger partial charge in [0.25, 0.3) is 0 Å². The van der Waals surface area contributed by atoms with Crippen LogP contribution in [-0.4, -0.2) is 17.6 Å². The molecule has 0 aliphatic heterocycles. The molecule has 0 radical (unpaired) electrons. The molecule has 0 unspecified atom stereocenters. The van der Waals surface area contributed by atoms with Crippen molar-refractivity contribution >= 4 is 16.9 Å². The first-order valence-electron chi connectivity index (χ1n) is 5.04. The SMILES string of the molecule is CCn1c(C(=O)OC)cc2cc(F)ccc21. The molecule has 2 rings (SSSR count). The highest BCUT2D eigenvalue weighted by atomic mass is 19.1. The fourth-order valence-electron chi connectivity index (χ4n) is 1.86. The van der Waals surface area contributed by atoms with Gasteiger partial charge in [0, 0.05) is 17.4 Å². The molecule has 0 N–H and O–H groups in total. The van der Waals surface area contributed by atoms with Crippen LogP contribution in [0.2, 0.25) is 0 Å². The summed E-state index contributed by atoms with van der Waals surface area (Å²) in [6.45, 7) is 2.56. The van der Waals surface area contributed by atoms with Crippen molar-refractivity contribution in [2.24, 2.45) is 0 Å². The smallest absolute Gasteiger partial charge is 0.354 e. The molecule has 1 aromatic carbocycles. The van der Waals surface area contributed by atoms with Crippen LogP contribution >= 0.6 is 0 Å². The highest BCUT2D eigenvalue weighted by Crippen LogP contribution is 2.21. The van der Waals surface area contributed by atoms with E-state index in [4.69, 9.17) is 0 Å². The normalized spacial score (nSPS) is 10.7. The van der Waals surface area contributed by atoms with Gasteiger partial charge in [-0.1, -0.05) is 0 Å². The zero-order valence-electron chi connectivity index (χ0n) is 9.16. The number of carbonyl (C=O) groups is 1. The second-order valence-corrected chi connectivity index (χ2v) is 3.47. The summed E-state index contributed by atoms with van der Waals surface area (Å²) in [7, 11) is 1.33. The first-order chi connectivity index (χ1) is 7.67. The third-order valence-electron chi connectivity index (χ3n) is 2.57. The predicted molar refractivity (Wildman–Crippen MR) is 58.9 cm³/mol. The number of aryl methyl sites for hydroxylation is 1. The number of methoxy groups -OCH3 is 1. The fraction of sp³-hybridized carbons (Fsp3) is 0.250. The van der Waals surface area contributed by atoms with Crippen molar-refractivity contribution in [3.05, 3.63) is 35.8 Å². The summed E-state index contributed by atoms with van der Waals surface area (Å²) < 4.78 is 19.5. The van der Waals surface area contributed by atoms with Crippen molar-refractivity contribution in [1.29, 1.82) is 0 Å². The molecule has 0 fully saturated rings. The number of esters is 1. The minimum atomic E-state index is -0.404. The van der Waals surface area contributed by atoms with Crippen molar-refractivity contribution < 1.29 is 13.9 Å². The Kier molecular flexibility index (Phi) is 2.64. The van der Waals surface area contributed by atoms with Crippen molar-refractivity contribution in [3.63, 3.8) is 0 Å². The van der Waals surface area contributed by atoms with E-state index in [-0.39, 0.29) is 5.82 Å². The Morgan fingerprint density at radius 3 is 2.81 bits per heavy atom. The predicted octanol–water partition coefficient (Wildman–Crippen LogP) is 2.59. The van der Waals surface area contributed by atoms with Crippen LogP contribution in [0.4, 0.5) is 4.39 Å². The number of hydrogen-bond acceptors (Lipinski definition) is 2. The second-order valence-electron chi connectivity index (χ2n) is 3.47. The number of hydrogen-bond donors (Lipinski definition) is 0. The number of halogens is 1. The van der Waals surface area contributed by atoms with Gasteiger partial charge in [0.15, 0.2) is 0 Å². The maximum absolute atomic E-state index is 13.0. The zero-order valence-corrected chi connectivity index (χ0v) is 9.16. The molecule has 4 heteroatoms. The Hall–Kier alpha value is -1.84. The molecule has 1 heterocycles. The van der Waals surface area contributed by atoms with E-state index in [2.05, 4.69) is 4.74 Å². The Morgan fingerprint density at radius 1 is 1.44 bits per heavy atom. The molecule has 0 aliphatic carbocycles. The van der Waals surface area contributed by atoms with E-state index in [0.29, 0.717) is 17.6 Å². The van der Waals surface area contributed by atoms with Gasteiger partial charge in [-0.2, -0.15) is 0 Å². The molecule has 84 valence electrons. The van der Waals surface area contributed by atoms with E-state index in [9.17, 15) is 9.18 Å². The van der Waals surface area contributed by atoms with Gasteiger partial charge in [0.1, 0.15) is 11.5 Å². The summed E-state index contributed by atoms with van der Waals surface area (Å²) in [5, 5.41) is 0.710. The molecular formula is C12H12FNO2. The number of aromatic nitrogens is 1. The summed E-state index contributed by atoms with van der Waals surface area (Å²) >= 11 is 0. The highest BCUT2D eigenvalue weighted by molar-refractivity contribution is 5.95. The van der Waals surface area contributed by atoms with Crippen molar-refractivity contribution in [1.82, 2.24) is 4.57 Å². The van der Waals surface area contributed by atoms with Crippen molar-refractivity contribution in [2.45, 2.75) is 13.5 Å². The van der Waals surface area contributed by atoms with Crippen LogP contribution in [0.3, 0.4) is 0 Å². The second kappa shape index (κ2) is 3.96. The molecule has 0 aliphatic rings. The molecule has 0 spiro atoms. The van der Waals surface area contributed by atoms with Crippen LogP contribution in [-0.2, 0) is 11.3 Å². The van der Waals surface area contributed by atoms with E-state index in [0.717, 1.165) is 5.52 Å². The molecule has 0 bridgehead atoms. The van der Waals surface area contributed by atoms with Gasteiger partial charge < -0.3 is 9.30 Å². The number of ether oxygens (including phenoxy) is 1. The number of carbonyl (C=O) groups excluding carboxylic acids is 1. The topological polar surface area (TPSA) is 31.2 Å². The van der Waals surface area contributed by atoms with Gasteiger partial charge in [-0.25, -0.2) is 9.18 Å². The minimum Gasteiger partial charge on any atom is -0.464 e. The maximum Gasteiger partial charge on any atom is 0.354 e. The van der Waals surface area contributed by atoms with E-state index in [1.54, 1.807) is 16.7 Å². The van der Waals surface area contributed by atoms with Crippen LogP contribution in [0.15, 0.2) is 24.3 Å². The highest BCUT2D eigenvalue weighted by Gasteiger charge is 2.14. The quantitative estimate of drug-likeness (QED) is 0.730. The summed E-state index contributed by atoms with van der Waals surface area (Å²) in [5.74, 6) is -0.712. The number of nitrogens with zero attached hydrogens (tertiary/aromatic N) is 1. The van der Waals surface area contributed by atoms with Crippen LogP contribution in [0, 0.1) is 5.82 Å². The van der Waals surface area contributed by atoms with Crippen LogP contribution in [0.5, 0.6) is 0 Å². The van der Waals surface area contributed by atoms with Gasteiger partial charge >= 0.3 is 5.97 Å². The van der Waals surface area contributed by atoms with E-state index in [1.165, 1.54) is 19.2 Å². The summed E-state index contributed by atoms with van der Waals surface area (Å²) in [6, 6.07) is 6.11. The van der Waals surface area contributed by atoms with Crippen LogP contribution in [0.25, 0.3) is 10.9 Å². The monoisotopic (exact) mass is 221 g/mol. The number of fused-ring (bicyclic) bond motifs is 1. The molecule has 16 heavy (non-hydrogen) atoms. The molecule has 0 saturated heterocycles. The van der Waals surface area contributed by atoms with Gasteiger partial charge in [0.2, 0.25) is 0 Å². The first-order valence-corrected chi connectivity index (χ1v) is 5.04. The van der Waals surface area contributed by atoms with Gasteiger partial charge in [0.05, 0.1) is 7.11 Å². The van der Waals surface area contributed by atoms with Gasteiger partial charge in [-0.05, 0) is 31.2 Å². The summed E-state index contributed by atoms with van der Waals surface area (Å²) in [6.07, 6.45) is 0. The molecular weight excluding hydrogens is 209 g/mol. The van der Waals surface area contributed by atoms with E-state index < -0.39 is 5.97 Å². The average molecular weight is 221 g/mol. The maximum atomic E-state index is 13.0.